The van der Waals surface area contributed by atoms with Gasteiger partial charge >= 0.3 is 0 Å². The summed E-state index contributed by atoms with van der Waals surface area (Å²) in [5.74, 6) is 2.17. The molecule has 7 nitrogen and oxygen atoms in total. The van der Waals surface area contributed by atoms with E-state index in [-0.39, 0.29) is 5.56 Å². The fourth-order valence-electron chi connectivity index (χ4n) is 2.85. The molecule has 1 aromatic heterocycles. The van der Waals surface area contributed by atoms with Crippen LogP contribution in [-0.4, -0.2) is 29.5 Å². The highest BCUT2D eigenvalue weighted by atomic mass is 16.5. The van der Waals surface area contributed by atoms with Crippen molar-refractivity contribution in [1.82, 2.24) is 9.55 Å². The van der Waals surface area contributed by atoms with Gasteiger partial charge in [-0.05, 0) is 48.7 Å². The maximum Gasteiger partial charge on any atom is 0.262 e. The smallest absolute Gasteiger partial charge is 0.262 e. The van der Waals surface area contributed by atoms with Gasteiger partial charge in [-0.1, -0.05) is 26.0 Å². The van der Waals surface area contributed by atoms with Gasteiger partial charge in [0.25, 0.3) is 5.56 Å². The molecule has 0 bridgehead atoms. The molecule has 0 aliphatic heterocycles. The quantitative estimate of drug-likeness (QED) is 0.463. The van der Waals surface area contributed by atoms with Crippen LogP contribution >= 0.6 is 0 Å². The Balaban J connectivity index is 1.82. The van der Waals surface area contributed by atoms with Crippen LogP contribution in [-0.2, 0) is 6.54 Å². The van der Waals surface area contributed by atoms with Gasteiger partial charge in [-0.25, -0.2) is 10.4 Å². The Hall–Kier alpha value is -3.35. The number of nitrogens with zero attached hydrogens (tertiary/aromatic N) is 3. The van der Waals surface area contributed by atoms with Crippen molar-refractivity contribution in [2.45, 2.75) is 27.3 Å². The van der Waals surface area contributed by atoms with Gasteiger partial charge in [-0.15, -0.1) is 0 Å². The SMILES string of the molecule is CCn1c(N/N=C\c2ccc(OCC(C)C)c(OC)c2)nc2ccccc2c1=O. The lowest BCUT2D eigenvalue weighted by Crippen LogP contribution is -2.23. The van der Waals surface area contributed by atoms with E-state index in [1.54, 1.807) is 24.0 Å². The number of para-hydroxylation sites is 1. The van der Waals surface area contributed by atoms with Crippen molar-refractivity contribution in [3.8, 4) is 11.5 Å². The van der Waals surface area contributed by atoms with Crippen LogP contribution in [0, 0.1) is 5.92 Å². The van der Waals surface area contributed by atoms with Gasteiger partial charge in [-0.3, -0.25) is 9.36 Å². The molecule has 0 amide bonds. The first-order valence-electron chi connectivity index (χ1n) is 9.63. The minimum Gasteiger partial charge on any atom is -0.493 e. The number of anilines is 1. The third kappa shape index (κ3) is 4.74. The molecule has 0 aliphatic rings. The van der Waals surface area contributed by atoms with Crippen molar-refractivity contribution in [2.75, 3.05) is 19.1 Å². The van der Waals surface area contributed by atoms with E-state index < -0.39 is 0 Å². The average molecular weight is 394 g/mol. The first-order valence-corrected chi connectivity index (χ1v) is 9.63. The molecule has 0 aliphatic carbocycles. The van der Waals surface area contributed by atoms with Crippen LogP contribution in [0.25, 0.3) is 10.9 Å². The Morgan fingerprint density at radius 1 is 1.21 bits per heavy atom. The normalized spacial score (nSPS) is 11.3. The molecule has 0 unspecified atom stereocenters. The summed E-state index contributed by atoms with van der Waals surface area (Å²) in [5, 5.41) is 4.84. The average Bonchev–Trinajstić information content (AvgIpc) is 2.73. The standard InChI is InChI=1S/C22H26N4O3/c1-5-26-21(27)17-8-6-7-9-18(17)24-22(26)25-23-13-16-10-11-19(20(12-16)28-4)29-14-15(2)3/h6-13,15H,5,14H2,1-4H3,(H,24,25)/b23-13-. The fraction of sp³-hybridized carbons (Fsp3) is 0.318. The van der Waals surface area contributed by atoms with E-state index in [9.17, 15) is 4.79 Å². The number of hydrazone groups is 1. The zero-order valence-corrected chi connectivity index (χ0v) is 17.2. The third-order valence-electron chi connectivity index (χ3n) is 4.32. The van der Waals surface area contributed by atoms with Crippen molar-refractivity contribution in [3.63, 3.8) is 0 Å². The number of benzene rings is 2. The van der Waals surface area contributed by atoms with Crippen LogP contribution in [0.2, 0.25) is 0 Å². The number of methoxy groups -OCH3 is 1. The van der Waals surface area contributed by atoms with Crippen molar-refractivity contribution < 1.29 is 9.47 Å². The summed E-state index contributed by atoms with van der Waals surface area (Å²) >= 11 is 0. The molecule has 0 spiro atoms. The molecular formula is C22H26N4O3. The maximum absolute atomic E-state index is 12.6. The van der Waals surface area contributed by atoms with Gasteiger partial charge in [0.15, 0.2) is 11.5 Å². The lowest BCUT2D eigenvalue weighted by molar-refractivity contribution is 0.257. The molecule has 7 heteroatoms. The van der Waals surface area contributed by atoms with E-state index in [0.717, 1.165) is 5.56 Å². The summed E-state index contributed by atoms with van der Waals surface area (Å²) in [6, 6.07) is 12.9. The van der Waals surface area contributed by atoms with E-state index in [4.69, 9.17) is 9.47 Å². The zero-order chi connectivity index (χ0) is 20.8. The van der Waals surface area contributed by atoms with Gasteiger partial charge in [0, 0.05) is 6.54 Å². The number of fused-ring (bicyclic) bond motifs is 1. The van der Waals surface area contributed by atoms with Gasteiger partial charge in [0.05, 0.1) is 30.8 Å². The fourth-order valence-corrected chi connectivity index (χ4v) is 2.85. The number of nitrogens with one attached hydrogen (secondary N) is 1. The predicted octanol–water partition coefficient (Wildman–Crippen LogP) is 3.91. The summed E-state index contributed by atoms with van der Waals surface area (Å²) in [4.78, 5) is 17.2. The molecule has 1 heterocycles. The van der Waals surface area contributed by atoms with E-state index in [2.05, 4.69) is 29.4 Å². The molecule has 0 saturated carbocycles. The lowest BCUT2D eigenvalue weighted by atomic mass is 10.2. The highest BCUT2D eigenvalue weighted by molar-refractivity contribution is 5.82. The molecule has 0 fully saturated rings. The van der Waals surface area contributed by atoms with E-state index >= 15 is 0 Å². The summed E-state index contributed by atoms with van der Waals surface area (Å²) < 4.78 is 12.7. The second kappa shape index (κ2) is 9.23. The van der Waals surface area contributed by atoms with Crippen LogP contribution in [0.3, 0.4) is 0 Å². The van der Waals surface area contributed by atoms with Crippen molar-refractivity contribution >= 4 is 23.1 Å². The maximum atomic E-state index is 12.6. The minimum absolute atomic E-state index is 0.0934. The van der Waals surface area contributed by atoms with Crippen LogP contribution in [0.1, 0.15) is 26.3 Å². The Labute approximate surface area is 170 Å². The number of ether oxygens (including phenoxy) is 2. The summed E-state index contributed by atoms with van der Waals surface area (Å²) in [6.45, 7) is 7.19. The predicted molar refractivity (Wildman–Crippen MR) is 116 cm³/mol. The molecule has 2 aromatic carbocycles. The molecule has 152 valence electrons. The lowest BCUT2D eigenvalue weighted by Gasteiger charge is -2.13. The summed E-state index contributed by atoms with van der Waals surface area (Å²) in [5.41, 5.74) is 4.26. The number of hydrogen-bond acceptors (Lipinski definition) is 6. The highest BCUT2D eigenvalue weighted by Gasteiger charge is 2.09. The van der Waals surface area contributed by atoms with Gasteiger partial charge in [0.2, 0.25) is 5.95 Å². The Morgan fingerprint density at radius 3 is 2.72 bits per heavy atom. The molecule has 3 rings (SSSR count). The Bertz CT molecular complexity index is 1070. The third-order valence-corrected chi connectivity index (χ3v) is 4.32. The second-order valence-electron chi connectivity index (χ2n) is 6.99. The minimum atomic E-state index is -0.0934. The second-order valence-corrected chi connectivity index (χ2v) is 6.99. The van der Waals surface area contributed by atoms with E-state index in [1.807, 2.05) is 43.3 Å². The van der Waals surface area contributed by atoms with Crippen molar-refractivity contribution in [2.24, 2.45) is 11.0 Å². The Morgan fingerprint density at radius 2 is 2.00 bits per heavy atom. The molecule has 3 aromatic rings. The first kappa shape index (κ1) is 20.4. The molecule has 1 N–H and O–H groups in total. The number of rotatable bonds is 8. The molecule has 0 saturated heterocycles. The molecule has 0 radical (unpaired) electrons. The first-order chi connectivity index (χ1) is 14.0. The van der Waals surface area contributed by atoms with Crippen molar-refractivity contribution in [3.05, 3.63) is 58.4 Å². The molecular weight excluding hydrogens is 368 g/mol. The van der Waals surface area contributed by atoms with Gasteiger partial charge < -0.3 is 9.47 Å². The highest BCUT2D eigenvalue weighted by Crippen LogP contribution is 2.28. The van der Waals surface area contributed by atoms with Crippen LogP contribution in [0.5, 0.6) is 11.5 Å². The van der Waals surface area contributed by atoms with Gasteiger partial charge in [-0.2, -0.15) is 5.10 Å². The number of aromatic nitrogens is 2. The summed E-state index contributed by atoms with van der Waals surface area (Å²) in [6.07, 6.45) is 1.65. The van der Waals surface area contributed by atoms with Crippen LogP contribution in [0.15, 0.2) is 52.4 Å². The topological polar surface area (TPSA) is 77.7 Å². The zero-order valence-electron chi connectivity index (χ0n) is 17.2. The Kier molecular flexibility index (Phi) is 6.49. The van der Waals surface area contributed by atoms with E-state index in [1.165, 1.54) is 0 Å². The molecule has 0 atom stereocenters. The summed E-state index contributed by atoms with van der Waals surface area (Å²) in [7, 11) is 1.61. The number of hydrogen-bond donors (Lipinski definition) is 1. The molecule has 29 heavy (non-hydrogen) atoms. The van der Waals surface area contributed by atoms with Crippen LogP contribution in [0.4, 0.5) is 5.95 Å². The van der Waals surface area contributed by atoms with E-state index in [0.29, 0.717) is 47.4 Å². The van der Waals surface area contributed by atoms with Crippen molar-refractivity contribution in [1.29, 1.82) is 0 Å². The monoisotopic (exact) mass is 394 g/mol. The van der Waals surface area contributed by atoms with Gasteiger partial charge in [0.1, 0.15) is 0 Å². The largest absolute Gasteiger partial charge is 0.493 e. The van der Waals surface area contributed by atoms with Crippen LogP contribution < -0.4 is 20.5 Å².